The number of carbonyl (C=O) groups is 1. The number of hydrogen-bond acceptors (Lipinski definition) is 4. The summed E-state index contributed by atoms with van der Waals surface area (Å²) in [4.78, 5) is 14.6. The molecular formula is C18H31Cl2N3O2. The summed E-state index contributed by atoms with van der Waals surface area (Å²) in [5, 5.41) is 3.07. The van der Waals surface area contributed by atoms with E-state index >= 15 is 0 Å². The molecule has 0 spiro atoms. The van der Waals surface area contributed by atoms with Crippen LogP contribution in [0.1, 0.15) is 31.0 Å². The van der Waals surface area contributed by atoms with Crippen LogP contribution in [-0.4, -0.2) is 49.7 Å². The molecule has 1 aromatic carbocycles. The zero-order valence-electron chi connectivity index (χ0n) is 15.2. The van der Waals surface area contributed by atoms with Crippen LogP contribution in [0.25, 0.3) is 0 Å². The van der Waals surface area contributed by atoms with Gasteiger partial charge in [0.25, 0.3) is 0 Å². The standard InChI is InChI=1S/C18H29N3O2.2ClH/c1-13-4-6-16(7-5-13)17(21-8-10-23-11-9-21)12-20-18(22)14(2)15(3)19;;/h4-7,14-15,17H,8-12,19H2,1-3H3,(H,20,22);2*1H. The Morgan fingerprint density at radius 3 is 2.28 bits per heavy atom. The molecular weight excluding hydrogens is 361 g/mol. The van der Waals surface area contributed by atoms with Gasteiger partial charge in [-0.25, -0.2) is 0 Å². The molecule has 2 rings (SSSR count). The molecule has 1 heterocycles. The number of nitrogens with zero attached hydrogens (tertiary/aromatic N) is 1. The quantitative estimate of drug-likeness (QED) is 0.780. The summed E-state index contributed by atoms with van der Waals surface area (Å²) in [6.45, 7) is 9.67. The van der Waals surface area contributed by atoms with Gasteiger partial charge in [0, 0.05) is 31.6 Å². The van der Waals surface area contributed by atoms with E-state index in [-0.39, 0.29) is 48.7 Å². The zero-order chi connectivity index (χ0) is 16.8. The van der Waals surface area contributed by atoms with E-state index < -0.39 is 0 Å². The Morgan fingerprint density at radius 1 is 1.20 bits per heavy atom. The third-order valence-corrected chi connectivity index (χ3v) is 4.62. The number of hydrogen-bond donors (Lipinski definition) is 2. The first kappa shape index (κ1) is 24.1. The number of amides is 1. The summed E-state index contributed by atoms with van der Waals surface area (Å²) >= 11 is 0. The van der Waals surface area contributed by atoms with Crippen molar-refractivity contribution in [1.29, 1.82) is 0 Å². The van der Waals surface area contributed by atoms with Crippen LogP contribution in [0, 0.1) is 12.8 Å². The van der Waals surface area contributed by atoms with Crippen molar-refractivity contribution in [2.45, 2.75) is 32.9 Å². The fraction of sp³-hybridized carbons (Fsp3) is 0.611. The number of aryl methyl sites for hydroxylation is 1. The van der Waals surface area contributed by atoms with Crippen LogP contribution in [0.15, 0.2) is 24.3 Å². The number of carbonyl (C=O) groups excluding carboxylic acids is 1. The van der Waals surface area contributed by atoms with Crippen LogP contribution < -0.4 is 11.1 Å². The number of halogens is 2. The Bertz CT molecular complexity index is 506. The number of nitrogens with one attached hydrogen (secondary N) is 1. The molecule has 1 aromatic rings. The van der Waals surface area contributed by atoms with Gasteiger partial charge in [0.2, 0.25) is 5.91 Å². The maximum Gasteiger partial charge on any atom is 0.224 e. The van der Waals surface area contributed by atoms with Crippen molar-refractivity contribution in [3.05, 3.63) is 35.4 Å². The number of ether oxygens (including phenoxy) is 1. The van der Waals surface area contributed by atoms with Gasteiger partial charge in [0.05, 0.1) is 19.3 Å². The van der Waals surface area contributed by atoms with Gasteiger partial charge >= 0.3 is 0 Å². The molecule has 144 valence electrons. The van der Waals surface area contributed by atoms with E-state index in [1.54, 1.807) is 0 Å². The maximum atomic E-state index is 12.2. The fourth-order valence-corrected chi connectivity index (χ4v) is 2.73. The highest BCUT2D eigenvalue weighted by Crippen LogP contribution is 2.22. The lowest BCUT2D eigenvalue weighted by molar-refractivity contribution is -0.125. The van der Waals surface area contributed by atoms with Crippen LogP contribution in [0.2, 0.25) is 0 Å². The Morgan fingerprint density at radius 2 is 1.76 bits per heavy atom. The smallest absolute Gasteiger partial charge is 0.224 e. The summed E-state index contributed by atoms with van der Waals surface area (Å²) in [5.74, 6) is -0.163. The van der Waals surface area contributed by atoms with Crippen molar-refractivity contribution in [3.8, 4) is 0 Å². The third-order valence-electron chi connectivity index (χ3n) is 4.62. The minimum absolute atomic E-state index is 0. The van der Waals surface area contributed by atoms with Gasteiger partial charge in [-0.3, -0.25) is 9.69 Å². The molecule has 1 fully saturated rings. The molecule has 3 atom stereocenters. The van der Waals surface area contributed by atoms with Crippen LogP contribution in [-0.2, 0) is 9.53 Å². The molecule has 3 N–H and O–H groups in total. The second-order valence-corrected chi connectivity index (χ2v) is 6.47. The summed E-state index contributed by atoms with van der Waals surface area (Å²) in [5.41, 5.74) is 8.29. The molecule has 1 aliphatic rings. The van der Waals surface area contributed by atoms with Crippen molar-refractivity contribution >= 4 is 30.7 Å². The monoisotopic (exact) mass is 391 g/mol. The average Bonchev–Trinajstić information content (AvgIpc) is 2.56. The van der Waals surface area contributed by atoms with Crippen molar-refractivity contribution in [1.82, 2.24) is 10.2 Å². The van der Waals surface area contributed by atoms with E-state index in [1.807, 2.05) is 13.8 Å². The van der Waals surface area contributed by atoms with Crippen molar-refractivity contribution in [2.24, 2.45) is 11.7 Å². The molecule has 1 aliphatic heterocycles. The molecule has 0 saturated carbocycles. The van der Waals surface area contributed by atoms with Gasteiger partial charge in [-0.15, -0.1) is 24.8 Å². The lowest BCUT2D eigenvalue weighted by atomic mass is 10.0. The third kappa shape index (κ3) is 7.12. The molecule has 0 aromatic heterocycles. The van der Waals surface area contributed by atoms with Gasteiger partial charge in [-0.2, -0.15) is 0 Å². The maximum absolute atomic E-state index is 12.2. The minimum Gasteiger partial charge on any atom is -0.379 e. The Hall–Kier alpha value is -0.850. The first-order valence-corrected chi connectivity index (χ1v) is 8.40. The van der Waals surface area contributed by atoms with Crippen molar-refractivity contribution in [3.63, 3.8) is 0 Å². The van der Waals surface area contributed by atoms with E-state index in [2.05, 4.69) is 41.4 Å². The summed E-state index contributed by atoms with van der Waals surface area (Å²) < 4.78 is 5.45. The normalized spacial score (nSPS) is 18.2. The minimum atomic E-state index is -0.182. The molecule has 0 radical (unpaired) electrons. The summed E-state index contributed by atoms with van der Waals surface area (Å²) in [7, 11) is 0. The molecule has 0 bridgehead atoms. The number of morpholine rings is 1. The number of benzene rings is 1. The first-order chi connectivity index (χ1) is 11.0. The van der Waals surface area contributed by atoms with E-state index in [1.165, 1.54) is 11.1 Å². The molecule has 1 saturated heterocycles. The van der Waals surface area contributed by atoms with Gasteiger partial charge in [0.1, 0.15) is 0 Å². The largest absolute Gasteiger partial charge is 0.379 e. The number of nitrogens with two attached hydrogens (primary N) is 1. The lowest BCUT2D eigenvalue weighted by Gasteiger charge is -2.35. The van der Waals surface area contributed by atoms with Crippen LogP contribution in [0.5, 0.6) is 0 Å². The topological polar surface area (TPSA) is 67.6 Å². The first-order valence-electron chi connectivity index (χ1n) is 8.40. The molecule has 3 unspecified atom stereocenters. The van der Waals surface area contributed by atoms with Crippen LogP contribution in [0.3, 0.4) is 0 Å². The molecule has 1 amide bonds. The van der Waals surface area contributed by atoms with E-state index in [9.17, 15) is 4.79 Å². The lowest BCUT2D eigenvalue weighted by Crippen LogP contribution is -2.46. The molecule has 0 aliphatic carbocycles. The highest BCUT2D eigenvalue weighted by Gasteiger charge is 2.24. The zero-order valence-corrected chi connectivity index (χ0v) is 16.9. The van der Waals surface area contributed by atoms with E-state index in [0.717, 1.165) is 26.3 Å². The second kappa shape index (κ2) is 11.7. The van der Waals surface area contributed by atoms with Crippen molar-refractivity contribution < 1.29 is 9.53 Å². The van der Waals surface area contributed by atoms with Crippen LogP contribution >= 0.6 is 24.8 Å². The highest BCUT2D eigenvalue weighted by molar-refractivity contribution is 5.85. The van der Waals surface area contributed by atoms with Gasteiger partial charge in [-0.05, 0) is 19.4 Å². The summed E-state index contributed by atoms with van der Waals surface area (Å²) in [6, 6.07) is 8.57. The predicted octanol–water partition coefficient (Wildman–Crippen LogP) is 2.31. The average molecular weight is 392 g/mol. The molecule has 7 heteroatoms. The highest BCUT2D eigenvalue weighted by atomic mass is 35.5. The van der Waals surface area contributed by atoms with Gasteiger partial charge < -0.3 is 15.8 Å². The Labute approximate surface area is 163 Å². The Balaban J connectivity index is 0.00000288. The van der Waals surface area contributed by atoms with Gasteiger partial charge in [0.15, 0.2) is 0 Å². The number of rotatable bonds is 6. The SMILES string of the molecule is Cc1ccc(C(CNC(=O)C(C)C(C)N)N2CCOCC2)cc1.Cl.Cl. The summed E-state index contributed by atoms with van der Waals surface area (Å²) in [6.07, 6.45) is 0. The molecule has 5 nitrogen and oxygen atoms in total. The molecule has 25 heavy (non-hydrogen) atoms. The Kier molecular flexibility index (Phi) is 11.3. The predicted molar refractivity (Wildman–Crippen MR) is 107 cm³/mol. The van der Waals surface area contributed by atoms with E-state index in [4.69, 9.17) is 10.5 Å². The van der Waals surface area contributed by atoms with Gasteiger partial charge in [-0.1, -0.05) is 36.8 Å². The fourth-order valence-electron chi connectivity index (χ4n) is 2.73. The van der Waals surface area contributed by atoms with Crippen molar-refractivity contribution in [2.75, 3.05) is 32.8 Å². The van der Waals surface area contributed by atoms with E-state index in [0.29, 0.717) is 6.54 Å². The second-order valence-electron chi connectivity index (χ2n) is 6.47. The van der Waals surface area contributed by atoms with Crippen LogP contribution in [0.4, 0.5) is 0 Å².